The maximum absolute atomic E-state index is 12.6. The molecule has 1 aliphatic heterocycles. The SMILES string of the molecule is Cc1cc2nc(-c3ccc4nn(C5CCN(C)CC5)cc4n3)sc2c(-c2ccc(Cl)cc2)c1[C@H](OC(C)(C)C)C(=O)O. The molecule has 2 aromatic carbocycles. The Morgan fingerprint density at radius 3 is 2.45 bits per heavy atom. The number of thiazole rings is 1. The number of halogens is 1. The maximum Gasteiger partial charge on any atom is 0.337 e. The number of fused-ring (bicyclic) bond motifs is 2. The predicted octanol–water partition coefficient (Wildman–Crippen LogP) is 7.54. The number of carboxylic acids is 1. The summed E-state index contributed by atoms with van der Waals surface area (Å²) >= 11 is 7.73. The van der Waals surface area contributed by atoms with Gasteiger partial charge in [-0.15, -0.1) is 11.3 Å². The van der Waals surface area contributed by atoms with Crippen LogP contribution < -0.4 is 0 Å². The summed E-state index contributed by atoms with van der Waals surface area (Å²) in [6.07, 6.45) is 3.03. The van der Waals surface area contributed by atoms with E-state index in [-0.39, 0.29) is 0 Å². The van der Waals surface area contributed by atoms with Crippen LogP contribution in [0, 0.1) is 6.92 Å². The molecule has 218 valence electrons. The molecule has 1 saturated heterocycles. The van der Waals surface area contributed by atoms with Gasteiger partial charge in [0.2, 0.25) is 0 Å². The molecule has 10 heteroatoms. The molecule has 8 nitrogen and oxygen atoms in total. The average Bonchev–Trinajstić information content (AvgIpc) is 3.55. The van der Waals surface area contributed by atoms with Gasteiger partial charge in [0.25, 0.3) is 0 Å². The summed E-state index contributed by atoms with van der Waals surface area (Å²) in [6, 6.07) is 13.7. The molecule has 0 saturated carbocycles. The van der Waals surface area contributed by atoms with E-state index < -0.39 is 17.7 Å². The first-order chi connectivity index (χ1) is 20.0. The Morgan fingerprint density at radius 1 is 1.07 bits per heavy atom. The summed E-state index contributed by atoms with van der Waals surface area (Å²) in [6.45, 7) is 9.62. The maximum atomic E-state index is 12.6. The molecule has 1 fully saturated rings. The fourth-order valence-corrected chi connectivity index (χ4v) is 6.86. The molecule has 5 aromatic rings. The molecule has 1 atom stereocenters. The van der Waals surface area contributed by atoms with Crippen LogP contribution in [-0.2, 0) is 9.53 Å². The minimum Gasteiger partial charge on any atom is -0.479 e. The largest absolute Gasteiger partial charge is 0.479 e. The van der Waals surface area contributed by atoms with Crippen molar-refractivity contribution in [1.82, 2.24) is 24.6 Å². The molecule has 0 spiro atoms. The lowest BCUT2D eigenvalue weighted by molar-refractivity contribution is -0.160. The lowest BCUT2D eigenvalue weighted by Gasteiger charge is -2.28. The summed E-state index contributed by atoms with van der Waals surface area (Å²) in [5.74, 6) is -1.04. The molecule has 6 rings (SSSR count). The van der Waals surface area contributed by atoms with Gasteiger partial charge in [0, 0.05) is 16.1 Å². The number of aliphatic carboxylic acids is 1. The Kier molecular flexibility index (Phi) is 7.55. The molecule has 1 N–H and O–H groups in total. The zero-order valence-electron chi connectivity index (χ0n) is 24.4. The van der Waals surface area contributed by atoms with Crippen molar-refractivity contribution in [3.05, 3.63) is 64.8 Å². The number of carboxylic acid groups (broad SMARTS) is 1. The quantitative estimate of drug-likeness (QED) is 0.214. The Bertz CT molecular complexity index is 1780. The number of nitrogens with zero attached hydrogens (tertiary/aromatic N) is 5. The number of carbonyl (C=O) groups is 1. The molecule has 4 heterocycles. The first-order valence-electron chi connectivity index (χ1n) is 14.1. The summed E-state index contributed by atoms with van der Waals surface area (Å²) < 4.78 is 9.08. The van der Waals surface area contributed by atoms with Crippen LogP contribution in [0.1, 0.15) is 56.9 Å². The van der Waals surface area contributed by atoms with E-state index in [1.807, 2.05) is 76.4 Å². The number of pyridine rings is 1. The molecule has 1 aliphatic rings. The Balaban J connectivity index is 1.48. The monoisotopic (exact) mass is 603 g/mol. The highest BCUT2D eigenvalue weighted by Crippen LogP contribution is 2.44. The zero-order chi connectivity index (χ0) is 29.8. The molecule has 0 unspecified atom stereocenters. The van der Waals surface area contributed by atoms with Gasteiger partial charge in [-0.1, -0.05) is 23.7 Å². The number of aromatic nitrogens is 4. The number of piperidine rings is 1. The second kappa shape index (κ2) is 11.0. The average molecular weight is 604 g/mol. The first-order valence-corrected chi connectivity index (χ1v) is 15.3. The van der Waals surface area contributed by atoms with Crippen LogP contribution in [0.4, 0.5) is 0 Å². The van der Waals surface area contributed by atoms with Crippen LogP contribution in [0.25, 0.3) is 43.1 Å². The van der Waals surface area contributed by atoms with E-state index in [1.165, 1.54) is 11.3 Å². The van der Waals surface area contributed by atoms with E-state index in [0.29, 0.717) is 16.6 Å². The summed E-state index contributed by atoms with van der Waals surface area (Å²) in [5.41, 5.74) is 5.63. The number of hydrogen-bond acceptors (Lipinski definition) is 7. The van der Waals surface area contributed by atoms with E-state index in [4.69, 9.17) is 31.4 Å². The van der Waals surface area contributed by atoms with Gasteiger partial charge in [-0.3, -0.25) is 4.68 Å². The Labute approximate surface area is 253 Å². The number of likely N-dealkylation sites (tertiary alicyclic amines) is 1. The summed E-state index contributed by atoms with van der Waals surface area (Å²) in [5, 5.41) is 16.5. The number of hydrogen-bond donors (Lipinski definition) is 1. The topological polar surface area (TPSA) is 93.4 Å². The molecule has 42 heavy (non-hydrogen) atoms. The highest BCUT2D eigenvalue weighted by molar-refractivity contribution is 7.22. The first kappa shape index (κ1) is 28.7. The number of rotatable bonds is 6. The smallest absolute Gasteiger partial charge is 0.337 e. The molecule has 0 aliphatic carbocycles. The van der Waals surface area contributed by atoms with Crippen molar-refractivity contribution >= 4 is 50.2 Å². The van der Waals surface area contributed by atoms with Gasteiger partial charge in [0.15, 0.2) is 6.10 Å². The zero-order valence-corrected chi connectivity index (χ0v) is 26.0. The minimum atomic E-state index is -1.16. The van der Waals surface area contributed by atoms with E-state index in [9.17, 15) is 9.90 Å². The van der Waals surface area contributed by atoms with Gasteiger partial charge in [0.05, 0.1) is 33.8 Å². The minimum absolute atomic E-state index is 0.377. The van der Waals surface area contributed by atoms with Crippen molar-refractivity contribution in [2.75, 3.05) is 20.1 Å². The van der Waals surface area contributed by atoms with E-state index in [1.54, 1.807) is 0 Å². The molecule has 3 aromatic heterocycles. The van der Waals surface area contributed by atoms with Gasteiger partial charge in [-0.2, -0.15) is 5.10 Å². The third kappa shape index (κ3) is 5.66. The van der Waals surface area contributed by atoms with Crippen LogP contribution in [0.3, 0.4) is 0 Å². The van der Waals surface area contributed by atoms with Crippen molar-refractivity contribution in [1.29, 1.82) is 0 Å². The van der Waals surface area contributed by atoms with Gasteiger partial charge in [-0.25, -0.2) is 14.8 Å². The normalized spacial score (nSPS) is 16.0. The second-order valence-corrected chi connectivity index (χ2v) is 13.5. The van der Waals surface area contributed by atoms with Gasteiger partial charge >= 0.3 is 5.97 Å². The van der Waals surface area contributed by atoms with Crippen LogP contribution in [0.5, 0.6) is 0 Å². The number of ether oxygens (including phenoxy) is 1. The Morgan fingerprint density at radius 2 is 1.79 bits per heavy atom. The van der Waals surface area contributed by atoms with E-state index in [2.05, 4.69) is 16.6 Å². The second-order valence-electron chi connectivity index (χ2n) is 12.0. The summed E-state index contributed by atoms with van der Waals surface area (Å²) in [4.78, 5) is 24.9. The number of aryl methyl sites for hydroxylation is 1. The lowest BCUT2D eigenvalue weighted by Crippen LogP contribution is -2.31. The van der Waals surface area contributed by atoms with Crippen LogP contribution in [-0.4, -0.2) is 61.5 Å². The third-order valence-electron chi connectivity index (χ3n) is 7.68. The molecular formula is C32H34ClN5O3S. The Hall–Kier alpha value is -3.37. The predicted molar refractivity (Wildman–Crippen MR) is 168 cm³/mol. The van der Waals surface area contributed by atoms with Crippen molar-refractivity contribution in [2.24, 2.45) is 0 Å². The van der Waals surface area contributed by atoms with Crippen molar-refractivity contribution in [3.63, 3.8) is 0 Å². The standard InChI is InChI=1S/C32H34ClN5O3S/c1-18-16-24-29(27(19-6-8-20(33)9-7-19)26(18)28(31(39)40)41-32(2,3)4)42-30(35-24)23-11-10-22-25(34-23)17-38(36-22)21-12-14-37(5)15-13-21/h6-11,16-17,21,28H,12-15H2,1-5H3,(H,39,40)/t28-/m0/s1. The van der Waals surface area contributed by atoms with Crippen LogP contribution >= 0.6 is 22.9 Å². The molecule has 0 bridgehead atoms. The van der Waals surface area contributed by atoms with Crippen molar-refractivity contribution in [2.45, 2.75) is 58.3 Å². The van der Waals surface area contributed by atoms with Gasteiger partial charge in [0.1, 0.15) is 16.0 Å². The third-order valence-corrected chi connectivity index (χ3v) is 9.04. The molecular weight excluding hydrogens is 570 g/mol. The molecule has 0 amide bonds. The highest BCUT2D eigenvalue weighted by atomic mass is 35.5. The van der Waals surface area contributed by atoms with E-state index >= 15 is 0 Å². The van der Waals surface area contributed by atoms with Crippen molar-refractivity contribution < 1.29 is 14.6 Å². The van der Waals surface area contributed by atoms with Crippen LogP contribution in [0.2, 0.25) is 5.02 Å². The fourth-order valence-electron chi connectivity index (χ4n) is 5.64. The van der Waals surface area contributed by atoms with Crippen LogP contribution in [0.15, 0.2) is 48.7 Å². The van der Waals surface area contributed by atoms with Gasteiger partial charge < -0.3 is 14.7 Å². The molecule has 0 radical (unpaired) electrons. The number of benzene rings is 2. The lowest BCUT2D eigenvalue weighted by atomic mass is 9.91. The fraction of sp³-hybridized carbons (Fsp3) is 0.375. The van der Waals surface area contributed by atoms with Crippen molar-refractivity contribution in [3.8, 4) is 21.8 Å². The van der Waals surface area contributed by atoms with E-state index in [0.717, 1.165) is 74.6 Å². The summed E-state index contributed by atoms with van der Waals surface area (Å²) in [7, 11) is 2.16. The van der Waals surface area contributed by atoms with Gasteiger partial charge in [-0.05, 0) is 102 Å². The highest BCUT2D eigenvalue weighted by Gasteiger charge is 2.32.